The van der Waals surface area contributed by atoms with E-state index < -0.39 is 5.60 Å². The van der Waals surface area contributed by atoms with E-state index in [0.29, 0.717) is 6.61 Å². The molecule has 1 aromatic rings. The van der Waals surface area contributed by atoms with Gasteiger partial charge in [0.2, 0.25) is 0 Å². The summed E-state index contributed by atoms with van der Waals surface area (Å²) in [5, 5.41) is 10.1. The van der Waals surface area contributed by atoms with E-state index in [4.69, 9.17) is 4.74 Å². The quantitative estimate of drug-likeness (QED) is 0.836. The van der Waals surface area contributed by atoms with Crippen molar-refractivity contribution in [1.29, 1.82) is 0 Å². The van der Waals surface area contributed by atoms with Gasteiger partial charge in [-0.05, 0) is 50.7 Å². The maximum atomic E-state index is 10.1. The highest BCUT2D eigenvalue weighted by Crippen LogP contribution is 2.33. The Hall–Kier alpha value is -1.12. The van der Waals surface area contributed by atoms with Gasteiger partial charge in [0, 0.05) is 0 Å². The van der Waals surface area contributed by atoms with Crippen LogP contribution in [0.4, 0.5) is 0 Å². The van der Waals surface area contributed by atoms with Crippen LogP contribution >= 0.6 is 0 Å². The second-order valence-electron chi connectivity index (χ2n) is 6.06. The normalized spacial score (nSPS) is 24.1. The minimum atomic E-state index is -0.633. The Balaban J connectivity index is 1.96. The van der Waals surface area contributed by atoms with Crippen LogP contribution in [0.5, 0.6) is 0 Å². The van der Waals surface area contributed by atoms with Crippen molar-refractivity contribution < 1.29 is 9.84 Å². The maximum Gasteiger partial charge on any atom is 0.0790 e. The smallest absolute Gasteiger partial charge is 0.0790 e. The molecular weight excluding hydrogens is 236 g/mol. The summed E-state index contributed by atoms with van der Waals surface area (Å²) in [5.74, 6) is 0.275. The lowest BCUT2D eigenvalue weighted by Crippen LogP contribution is -2.36. The molecule has 0 saturated carbocycles. The van der Waals surface area contributed by atoms with E-state index in [9.17, 15) is 5.11 Å². The molecule has 19 heavy (non-hydrogen) atoms. The largest absolute Gasteiger partial charge is 0.390 e. The van der Waals surface area contributed by atoms with Crippen LogP contribution in [0.1, 0.15) is 39.2 Å². The summed E-state index contributed by atoms with van der Waals surface area (Å²) in [6.45, 7) is 6.53. The Morgan fingerprint density at radius 3 is 2.58 bits per heavy atom. The minimum Gasteiger partial charge on any atom is -0.390 e. The van der Waals surface area contributed by atoms with Gasteiger partial charge in [0.15, 0.2) is 0 Å². The summed E-state index contributed by atoms with van der Waals surface area (Å²) >= 11 is 0. The number of aliphatic hydroxyl groups is 1. The summed E-state index contributed by atoms with van der Waals surface area (Å²) < 4.78 is 6.03. The summed E-state index contributed by atoms with van der Waals surface area (Å²) in [7, 11) is 0. The Labute approximate surface area is 116 Å². The lowest BCUT2D eigenvalue weighted by atomic mass is 9.78. The molecule has 2 heteroatoms. The molecule has 0 fully saturated rings. The molecule has 1 N–H and O–H groups in total. The molecule has 1 unspecified atom stereocenters. The fraction of sp³-hybridized carbons (Fsp3) is 0.529. The van der Waals surface area contributed by atoms with E-state index in [1.807, 2.05) is 32.0 Å². The van der Waals surface area contributed by atoms with Gasteiger partial charge < -0.3 is 9.84 Å². The lowest BCUT2D eigenvalue weighted by molar-refractivity contribution is -0.0264. The Morgan fingerprint density at radius 2 is 1.95 bits per heavy atom. The molecular formula is C17H24O2. The molecule has 0 bridgehead atoms. The Bertz CT molecular complexity index is 428. The third-order valence-electron chi connectivity index (χ3n) is 4.02. The third kappa shape index (κ3) is 3.92. The minimum absolute atomic E-state index is 0.130. The van der Waals surface area contributed by atoms with Crippen molar-refractivity contribution in [2.75, 3.05) is 0 Å². The maximum absolute atomic E-state index is 10.1. The zero-order valence-corrected chi connectivity index (χ0v) is 12.1. The van der Waals surface area contributed by atoms with Crippen molar-refractivity contribution in [2.24, 2.45) is 5.92 Å². The van der Waals surface area contributed by atoms with Gasteiger partial charge in [0.1, 0.15) is 0 Å². The summed E-state index contributed by atoms with van der Waals surface area (Å²) in [6, 6.07) is 10.2. The Kier molecular flexibility index (Phi) is 4.43. The molecule has 1 aliphatic carbocycles. The first-order valence-electron chi connectivity index (χ1n) is 7.01. The molecule has 1 aromatic carbocycles. The molecule has 2 atom stereocenters. The zero-order valence-electron chi connectivity index (χ0n) is 12.1. The number of benzene rings is 1. The highest BCUT2D eigenvalue weighted by atomic mass is 16.5. The lowest BCUT2D eigenvalue weighted by Gasteiger charge is -2.35. The molecule has 0 amide bonds. The molecule has 0 aromatic heterocycles. The third-order valence-corrected chi connectivity index (χ3v) is 4.02. The molecule has 0 heterocycles. The number of hydrogen-bond donors (Lipinski definition) is 1. The topological polar surface area (TPSA) is 29.5 Å². The Morgan fingerprint density at radius 1 is 1.26 bits per heavy atom. The molecule has 1 aliphatic rings. The predicted molar refractivity (Wildman–Crippen MR) is 77.8 cm³/mol. The molecule has 0 spiro atoms. The molecule has 2 rings (SSSR count). The predicted octanol–water partition coefficient (Wildman–Crippen LogP) is 3.70. The van der Waals surface area contributed by atoms with Crippen molar-refractivity contribution in [2.45, 2.75) is 51.9 Å². The second kappa shape index (κ2) is 5.89. The van der Waals surface area contributed by atoms with E-state index in [1.165, 1.54) is 11.1 Å². The molecule has 0 radical (unpaired) electrons. The van der Waals surface area contributed by atoms with Gasteiger partial charge >= 0.3 is 0 Å². The van der Waals surface area contributed by atoms with Crippen molar-refractivity contribution >= 4 is 0 Å². The van der Waals surface area contributed by atoms with Crippen LogP contribution in [0.2, 0.25) is 0 Å². The van der Waals surface area contributed by atoms with Crippen molar-refractivity contribution in [3.05, 3.63) is 47.5 Å². The standard InChI is InChI=1S/C17H24O2/c1-13-9-10-15(17(2,3)18)11-16(13)19-12-14-7-5-4-6-8-14/h4-9,15-16,18H,10-12H2,1-3H3/t15?,16-/m0/s1. The number of hydrogen-bond acceptors (Lipinski definition) is 2. The number of ether oxygens (including phenoxy) is 1. The monoisotopic (exact) mass is 260 g/mol. The van der Waals surface area contributed by atoms with Crippen LogP contribution in [0.3, 0.4) is 0 Å². The highest BCUT2D eigenvalue weighted by molar-refractivity contribution is 5.15. The van der Waals surface area contributed by atoms with Crippen molar-refractivity contribution in [1.82, 2.24) is 0 Å². The first-order valence-corrected chi connectivity index (χ1v) is 7.01. The highest BCUT2D eigenvalue weighted by Gasteiger charge is 2.32. The van der Waals surface area contributed by atoms with Gasteiger partial charge in [-0.1, -0.05) is 36.4 Å². The molecule has 104 valence electrons. The van der Waals surface area contributed by atoms with Gasteiger partial charge in [-0.3, -0.25) is 0 Å². The van der Waals surface area contributed by atoms with Gasteiger partial charge in [-0.2, -0.15) is 0 Å². The van der Waals surface area contributed by atoms with Crippen molar-refractivity contribution in [3.63, 3.8) is 0 Å². The van der Waals surface area contributed by atoms with E-state index >= 15 is 0 Å². The van der Waals surface area contributed by atoms with Gasteiger partial charge in [-0.25, -0.2) is 0 Å². The van der Waals surface area contributed by atoms with E-state index in [0.717, 1.165) is 12.8 Å². The second-order valence-corrected chi connectivity index (χ2v) is 6.06. The number of allylic oxidation sites excluding steroid dienone is 1. The first kappa shape index (κ1) is 14.3. The SMILES string of the molecule is CC1=CCC(C(C)(C)O)C[C@@H]1OCc1ccccc1. The first-order chi connectivity index (χ1) is 8.97. The van der Waals surface area contributed by atoms with Gasteiger partial charge in [0.05, 0.1) is 18.3 Å². The molecule has 2 nitrogen and oxygen atoms in total. The van der Waals surface area contributed by atoms with Crippen LogP contribution in [0, 0.1) is 5.92 Å². The van der Waals surface area contributed by atoms with Crippen LogP contribution in [0.25, 0.3) is 0 Å². The summed E-state index contributed by atoms with van der Waals surface area (Å²) in [4.78, 5) is 0. The van der Waals surface area contributed by atoms with Crippen LogP contribution < -0.4 is 0 Å². The average molecular weight is 260 g/mol. The average Bonchev–Trinajstić information content (AvgIpc) is 2.37. The summed E-state index contributed by atoms with van der Waals surface area (Å²) in [6.07, 6.45) is 4.19. The van der Waals surface area contributed by atoms with Gasteiger partial charge in [0.25, 0.3) is 0 Å². The molecule has 0 saturated heterocycles. The summed E-state index contributed by atoms with van der Waals surface area (Å²) in [5.41, 5.74) is 1.85. The zero-order chi connectivity index (χ0) is 13.9. The van der Waals surface area contributed by atoms with Crippen LogP contribution in [0.15, 0.2) is 42.0 Å². The number of rotatable bonds is 4. The van der Waals surface area contributed by atoms with Gasteiger partial charge in [-0.15, -0.1) is 0 Å². The van der Waals surface area contributed by atoms with Crippen molar-refractivity contribution in [3.8, 4) is 0 Å². The van der Waals surface area contributed by atoms with E-state index in [1.54, 1.807) is 0 Å². The van der Waals surface area contributed by atoms with E-state index in [2.05, 4.69) is 25.1 Å². The van der Waals surface area contributed by atoms with Crippen LogP contribution in [-0.2, 0) is 11.3 Å². The molecule has 0 aliphatic heterocycles. The van der Waals surface area contributed by atoms with Crippen LogP contribution in [-0.4, -0.2) is 16.8 Å². The van der Waals surface area contributed by atoms with E-state index in [-0.39, 0.29) is 12.0 Å². The fourth-order valence-electron chi connectivity index (χ4n) is 2.55. The fourth-order valence-corrected chi connectivity index (χ4v) is 2.55.